The number of hydrogen-bond donors (Lipinski definition) is 0. The molecule has 0 amide bonds. The SMILES string of the molecule is COCCOCCOCCC(=O)OC[N+]1(C)CCc2c(c3cc(C)ccc3n2CCc2ccc(C)nc2)C1. The van der Waals surface area contributed by atoms with Crippen molar-refractivity contribution in [1.29, 1.82) is 0 Å². The van der Waals surface area contributed by atoms with Gasteiger partial charge in [0.2, 0.25) is 6.73 Å². The number of aromatic nitrogens is 2. The maximum absolute atomic E-state index is 12.4. The lowest BCUT2D eigenvalue weighted by Gasteiger charge is -2.37. The van der Waals surface area contributed by atoms with E-state index >= 15 is 0 Å². The summed E-state index contributed by atoms with van der Waals surface area (Å²) in [6, 6.07) is 11.0. The van der Waals surface area contributed by atoms with Crippen LogP contribution in [0.25, 0.3) is 10.9 Å². The molecule has 0 fully saturated rings. The van der Waals surface area contributed by atoms with E-state index < -0.39 is 0 Å². The first-order valence-electron chi connectivity index (χ1n) is 13.5. The van der Waals surface area contributed by atoms with Crippen molar-refractivity contribution in [2.45, 2.75) is 46.2 Å². The van der Waals surface area contributed by atoms with Crippen molar-refractivity contribution in [3.63, 3.8) is 0 Å². The largest absolute Gasteiger partial charge is 0.415 e. The summed E-state index contributed by atoms with van der Waals surface area (Å²) in [5.74, 6) is -0.222. The molecular weight excluding hydrogens is 482 g/mol. The summed E-state index contributed by atoms with van der Waals surface area (Å²) in [5.41, 5.74) is 7.64. The number of pyridine rings is 1. The third-order valence-corrected chi connectivity index (χ3v) is 7.26. The molecule has 0 aliphatic carbocycles. The number of fused-ring (bicyclic) bond motifs is 3. The lowest BCUT2D eigenvalue weighted by molar-refractivity contribution is -0.940. The number of aryl methyl sites for hydroxylation is 4. The highest BCUT2D eigenvalue weighted by Gasteiger charge is 2.34. The fourth-order valence-electron chi connectivity index (χ4n) is 5.06. The molecule has 3 heterocycles. The summed E-state index contributed by atoms with van der Waals surface area (Å²) in [6.45, 7) is 9.62. The first-order chi connectivity index (χ1) is 18.4. The van der Waals surface area contributed by atoms with Crippen LogP contribution in [-0.2, 0) is 49.7 Å². The number of benzene rings is 1. The van der Waals surface area contributed by atoms with Gasteiger partial charge in [-0.05, 0) is 44.0 Å². The molecule has 1 aliphatic heterocycles. The molecule has 206 valence electrons. The van der Waals surface area contributed by atoms with Gasteiger partial charge in [0, 0.05) is 54.1 Å². The quantitative estimate of drug-likeness (QED) is 0.181. The molecule has 1 aliphatic rings. The Kier molecular flexibility index (Phi) is 9.91. The van der Waals surface area contributed by atoms with Gasteiger partial charge in [-0.15, -0.1) is 0 Å². The molecule has 38 heavy (non-hydrogen) atoms. The van der Waals surface area contributed by atoms with Crippen molar-refractivity contribution in [2.75, 3.05) is 60.5 Å². The van der Waals surface area contributed by atoms with Crippen LogP contribution < -0.4 is 0 Å². The van der Waals surface area contributed by atoms with Crippen molar-refractivity contribution >= 4 is 16.9 Å². The highest BCUT2D eigenvalue weighted by molar-refractivity contribution is 5.86. The van der Waals surface area contributed by atoms with E-state index in [0.29, 0.717) is 44.2 Å². The summed E-state index contributed by atoms with van der Waals surface area (Å²) >= 11 is 0. The minimum absolute atomic E-state index is 0.222. The van der Waals surface area contributed by atoms with Gasteiger partial charge in [0.25, 0.3) is 0 Å². The van der Waals surface area contributed by atoms with Crippen LogP contribution in [0.5, 0.6) is 0 Å². The Morgan fingerprint density at radius 1 is 1.05 bits per heavy atom. The highest BCUT2D eigenvalue weighted by Crippen LogP contribution is 2.34. The van der Waals surface area contributed by atoms with Crippen LogP contribution in [0.3, 0.4) is 0 Å². The summed E-state index contributed by atoms with van der Waals surface area (Å²) in [5, 5.41) is 1.32. The molecule has 0 saturated heterocycles. The van der Waals surface area contributed by atoms with Gasteiger partial charge in [-0.25, -0.2) is 0 Å². The van der Waals surface area contributed by atoms with Gasteiger partial charge in [0.1, 0.15) is 6.54 Å². The zero-order chi connectivity index (χ0) is 27.0. The number of esters is 1. The molecule has 1 unspecified atom stereocenters. The Morgan fingerprint density at radius 2 is 1.84 bits per heavy atom. The molecule has 4 rings (SSSR count). The average Bonchev–Trinajstić information content (AvgIpc) is 3.20. The number of carbonyl (C=O) groups is 1. The highest BCUT2D eigenvalue weighted by atomic mass is 16.6. The van der Waals surface area contributed by atoms with Crippen LogP contribution >= 0.6 is 0 Å². The first kappa shape index (κ1) is 28.2. The fraction of sp³-hybridized carbons (Fsp3) is 0.533. The minimum atomic E-state index is -0.222. The van der Waals surface area contributed by atoms with Crippen molar-refractivity contribution in [1.82, 2.24) is 9.55 Å². The Morgan fingerprint density at radius 3 is 2.61 bits per heavy atom. The monoisotopic (exact) mass is 524 g/mol. The molecule has 2 aromatic heterocycles. The topological polar surface area (TPSA) is 71.8 Å². The van der Waals surface area contributed by atoms with Crippen LogP contribution in [0.2, 0.25) is 0 Å². The zero-order valence-corrected chi connectivity index (χ0v) is 23.3. The van der Waals surface area contributed by atoms with Crippen LogP contribution in [0, 0.1) is 13.8 Å². The van der Waals surface area contributed by atoms with Crippen molar-refractivity contribution in [3.8, 4) is 0 Å². The predicted molar refractivity (Wildman–Crippen MR) is 147 cm³/mol. The van der Waals surface area contributed by atoms with E-state index in [9.17, 15) is 4.79 Å². The third-order valence-electron chi connectivity index (χ3n) is 7.26. The number of ether oxygens (including phenoxy) is 4. The van der Waals surface area contributed by atoms with E-state index in [4.69, 9.17) is 18.9 Å². The van der Waals surface area contributed by atoms with Gasteiger partial charge < -0.3 is 23.5 Å². The van der Waals surface area contributed by atoms with Gasteiger partial charge in [0.15, 0.2) is 0 Å². The molecule has 3 aromatic rings. The van der Waals surface area contributed by atoms with Crippen molar-refractivity contribution in [2.24, 2.45) is 0 Å². The Balaban J connectivity index is 1.34. The van der Waals surface area contributed by atoms with Gasteiger partial charge >= 0.3 is 5.97 Å². The second-order valence-corrected chi connectivity index (χ2v) is 10.5. The van der Waals surface area contributed by atoms with Gasteiger partial charge in [-0.2, -0.15) is 0 Å². The van der Waals surface area contributed by atoms with E-state index in [0.717, 1.165) is 38.2 Å². The molecular formula is C30H42N3O5+. The normalized spacial score (nSPS) is 17.1. The number of methoxy groups -OCH3 is 1. The number of hydrogen-bond acceptors (Lipinski definition) is 6. The van der Waals surface area contributed by atoms with Crippen LogP contribution in [0.1, 0.15) is 34.5 Å². The molecule has 1 aromatic carbocycles. The molecule has 0 bridgehead atoms. The lowest BCUT2D eigenvalue weighted by atomic mass is 10.0. The van der Waals surface area contributed by atoms with E-state index in [2.05, 4.69) is 53.9 Å². The molecule has 0 spiro atoms. The van der Waals surface area contributed by atoms with Gasteiger partial charge in [-0.1, -0.05) is 17.7 Å². The maximum atomic E-state index is 12.4. The Hall–Kier alpha value is -2.78. The number of rotatable bonds is 14. The van der Waals surface area contributed by atoms with Gasteiger partial charge in [0.05, 0.1) is 53.0 Å². The summed E-state index contributed by atoms with van der Waals surface area (Å²) < 4.78 is 24.7. The first-order valence-corrected chi connectivity index (χ1v) is 13.5. The van der Waals surface area contributed by atoms with Crippen LogP contribution in [0.15, 0.2) is 36.5 Å². The fourth-order valence-corrected chi connectivity index (χ4v) is 5.06. The second-order valence-electron chi connectivity index (χ2n) is 10.5. The lowest BCUT2D eigenvalue weighted by Crippen LogP contribution is -2.49. The van der Waals surface area contributed by atoms with Gasteiger partial charge in [-0.3, -0.25) is 14.3 Å². The molecule has 0 radical (unpaired) electrons. The molecule has 0 N–H and O–H groups in total. The molecule has 8 heteroatoms. The standard InChI is InChI=1S/C30H42N3O5/c1-23-5-8-28-26(19-23)27-21-33(3,22-38-30(34)11-14-36-17-18-37-16-15-35-4)13-10-29(27)32(28)12-9-25-7-6-24(2)31-20-25/h5-8,19-20H,9-18,21-22H2,1-4H3/q+1. The second kappa shape index (κ2) is 13.3. The van der Waals surface area contributed by atoms with E-state index in [1.54, 1.807) is 7.11 Å². The summed E-state index contributed by atoms with van der Waals surface area (Å²) in [6.07, 6.45) is 4.13. The maximum Gasteiger partial charge on any atom is 0.312 e. The van der Waals surface area contributed by atoms with Crippen molar-refractivity contribution in [3.05, 3.63) is 64.6 Å². The summed E-state index contributed by atoms with van der Waals surface area (Å²) in [7, 11) is 3.82. The molecule has 0 saturated carbocycles. The number of quaternary nitrogens is 1. The number of likely N-dealkylation sites (N-methyl/N-ethyl adjacent to an activating group) is 1. The van der Waals surface area contributed by atoms with Crippen LogP contribution in [0.4, 0.5) is 0 Å². The van der Waals surface area contributed by atoms with E-state index in [-0.39, 0.29) is 12.4 Å². The molecule has 8 nitrogen and oxygen atoms in total. The minimum Gasteiger partial charge on any atom is -0.415 e. The van der Waals surface area contributed by atoms with E-state index in [1.165, 1.54) is 33.3 Å². The smallest absolute Gasteiger partial charge is 0.312 e. The third kappa shape index (κ3) is 7.41. The number of carbonyl (C=O) groups excluding carboxylic acids is 1. The predicted octanol–water partition coefficient (Wildman–Crippen LogP) is 3.97. The average molecular weight is 525 g/mol. The Labute approximate surface area is 226 Å². The summed E-state index contributed by atoms with van der Waals surface area (Å²) in [4.78, 5) is 16.8. The van der Waals surface area contributed by atoms with E-state index in [1.807, 2.05) is 13.1 Å². The zero-order valence-electron chi connectivity index (χ0n) is 23.3. The number of nitrogens with zero attached hydrogens (tertiary/aromatic N) is 3. The van der Waals surface area contributed by atoms with Crippen molar-refractivity contribution < 1.29 is 28.2 Å². The Bertz CT molecular complexity index is 1210. The van der Waals surface area contributed by atoms with Crippen LogP contribution in [-0.4, -0.2) is 80.5 Å². The molecule has 1 atom stereocenters.